The number of carboxylic acids is 1. The highest BCUT2D eigenvalue weighted by molar-refractivity contribution is 9.11. The van der Waals surface area contributed by atoms with Gasteiger partial charge in [-0.1, -0.05) is 57.9 Å². The molecule has 0 bridgehead atoms. The number of halogens is 14. The lowest BCUT2D eigenvalue weighted by Crippen LogP contribution is -2.42. The van der Waals surface area contributed by atoms with Crippen LogP contribution in [0.4, 0.5) is 30.7 Å². The molecule has 19 nitrogen and oxygen atoms in total. The molecule has 1 amide bonds. The van der Waals surface area contributed by atoms with Gasteiger partial charge in [0, 0.05) is 74.4 Å². The summed E-state index contributed by atoms with van der Waals surface area (Å²) in [5.74, 6) is -5.87. The monoisotopic (exact) mass is 2050 g/mol. The smallest absolute Gasteiger partial charge is 0.480 e. The van der Waals surface area contributed by atoms with Crippen LogP contribution in [-0.4, -0.2) is 125 Å². The van der Waals surface area contributed by atoms with Crippen LogP contribution >= 0.6 is 115 Å². The van der Waals surface area contributed by atoms with E-state index in [-0.39, 0.29) is 132 Å². The largest absolute Gasteiger partial charge is 0.697 e. The van der Waals surface area contributed by atoms with Gasteiger partial charge < -0.3 is 33.2 Å². The van der Waals surface area contributed by atoms with Gasteiger partial charge in [-0.25, -0.2) is 30.7 Å². The van der Waals surface area contributed by atoms with Gasteiger partial charge in [0.15, 0.2) is 28.9 Å². The van der Waals surface area contributed by atoms with E-state index in [1.165, 1.54) is 108 Å². The summed E-state index contributed by atoms with van der Waals surface area (Å²) in [6, 6.07) is 18.3. The number of amides is 1. The van der Waals surface area contributed by atoms with Crippen molar-refractivity contribution in [3.8, 4) is 0 Å². The lowest BCUT2D eigenvalue weighted by Gasteiger charge is -2.24. The molecule has 2 aliphatic carbocycles. The first kappa shape index (κ1) is 98.2. The van der Waals surface area contributed by atoms with Gasteiger partial charge in [-0.2, -0.15) is 0 Å². The van der Waals surface area contributed by atoms with Crippen LogP contribution in [0.2, 0.25) is 5.02 Å². The number of Topliss-reactive ketones (excluding diaryl/α,β-unsaturated/α-hetero) is 5. The number of hydrogen-bond donors (Lipinski definition) is 1. The van der Waals surface area contributed by atoms with E-state index in [9.17, 15) is 78.4 Å². The third-order valence-electron chi connectivity index (χ3n) is 17.0. The van der Waals surface area contributed by atoms with Gasteiger partial charge in [-0.3, -0.25) is 43.2 Å². The Labute approximate surface area is 727 Å². The third-order valence-corrected chi connectivity index (χ3v) is 21.7. The van der Waals surface area contributed by atoms with Gasteiger partial charge in [0.1, 0.15) is 90.5 Å². The molecule has 12 rings (SSSR count). The number of fused-ring (bicyclic) bond motifs is 5. The van der Waals surface area contributed by atoms with Crippen LogP contribution in [-0.2, 0) is 90.8 Å². The number of esters is 2. The molecular weight excluding hydrogens is 1970 g/mol. The maximum atomic E-state index is 14.3. The molecule has 626 valence electrons. The number of benzene rings is 6. The Bertz CT molecular complexity index is 5360. The summed E-state index contributed by atoms with van der Waals surface area (Å²) in [6.07, 6.45) is 10.4. The van der Waals surface area contributed by atoms with E-state index < -0.39 is 67.2 Å². The molecule has 34 heteroatoms. The molecule has 1 N–H and O–H groups in total. The molecule has 2 atom stereocenters. The minimum Gasteiger partial charge on any atom is -0.480 e. The highest BCUT2D eigenvalue weighted by atomic mass is 79.9. The van der Waals surface area contributed by atoms with Crippen molar-refractivity contribution in [1.82, 2.24) is 18.6 Å². The minimum absolute atomic E-state index is 0.00882. The summed E-state index contributed by atoms with van der Waals surface area (Å²) in [5.41, 5.74) is 6.40. The quantitative estimate of drug-likeness (QED) is 0.0260. The molecule has 1 saturated heterocycles. The highest BCUT2D eigenvalue weighted by Crippen LogP contribution is 2.36. The van der Waals surface area contributed by atoms with Crippen LogP contribution in [0, 0.1) is 34.9 Å². The molecule has 3 aliphatic rings. The van der Waals surface area contributed by atoms with Crippen molar-refractivity contribution in [2.45, 2.75) is 158 Å². The van der Waals surface area contributed by atoms with Gasteiger partial charge in [0.05, 0.1) is 56.5 Å². The van der Waals surface area contributed by atoms with E-state index in [4.69, 9.17) is 26.2 Å². The number of carbonyl (C=O) groups excluding carboxylic acids is 8. The number of hydrogen-bond acceptors (Lipinski definition) is 14. The zero-order chi connectivity index (χ0) is 87.6. The van der Waals surface area contributed by atoms with Crippen molar-refractivity contribution >= 4 is 213 Å². The van der Waals surface area contributed by atoms with E-state index in [2.05, 4.69) is 105 Å². The SMILES string of the molecule is CC(=O)C1=CCc2cc(Br)c(F)cc21.CC(=O)c1cn(CC(=O)N2C[C@H](F)C[C@H]2C(=O)CCc2cccc(Cl)c2F)c2cc(Br)c(F)cc12.CC(=O)c1cn(CC(=O)O)c2cc(Br)c(F)cc12.CC(=O)c1cn(CC(=O)OC(C)(C)C)c2cc(Br)c(F)cc12.CC(C)(C)OC(=O)CBr.CCO[P+](=O)OCC.Fc1cc2c(cc1Br)CC=C2. The summed E-state index contributed by atoms with van der Waals surface area (Å²) < 4.78 is 132. The van der Waals surface area contributed by atoms with Crippen molar-refractivity contribution in [3.05, 3.63) is 216 Å². The number of carboxylic acid groups (broad SMARTS) is 1. The van der Waals surface area contributed by atoms with Crippen LogP contribution < -0.4 is 0 Å². The maximum absolute atomic E-state index is 14.3. The molecule has 6 aromatic carbocycles. The Morgan fingerprint density at radius 3 is 1.44 bits per heavy atom. The second-order valence-corrected chi connectivity index (χ2v) is 34.4. The first-order chi connectivity index (χ1) is 54.7. The predicted octanol–water partition coefficient (Wildman–Crippen LogP) is 22.3. The van der Waals surface area contributed by atoms with Gasteiger partial charge >= 0.3 is 26.2 Å². The number of aromatic nitrogens is 3. The van der Waals surface area contributed by atoms with Gasteiger partial charge in [-0.15, -0.1) is 9.05 Å². The van der Waals surface area contributed by atoms with Gasteiger partial charge in [0.25, 0.3) is 0 Å². The van der Waals surface area contributed by atoms with Crippen molar-refractivity contribution in [2.75, 3.05) is 25.1 Å². The Kier molecular flexibility index (Phi) is 37.0. The van der Waals surface area contributed by atoms with Crippen molar-refractivity contribution in [1.29, 1.82) is 0 Å². The van der Waals surface area contributed by atoms with Crippen LogP contribution in [0.15, 0.2) is 132 Å². The number of nitrogens with zero attached hydrogens (tertiary/aromatic N) is 4. The fourth-order valence-corrected chi connectivity index (χ4v) is 14.6. The van der Waals surface area contributed by atoms with E-state index in [1.807, 2.05) is 45.1 Å². The average Bonchev–Trinajstić information content (AvgIpc) is 1.64. The molecule has 0 radical (unpaired) electrons. The van der Waals surface area contributed by atoms with Crippen molar-refractivity contribution in [2.24, 2.45) is 0 Å². The van der Waals surface area contributed by atoms with Gasteiger partial charge in [0.2, 0.25) is 5.91 Å². The molecule has 0 saturated carbocycles. The van der Waals surface area contributed by atoms with E-state index >= 15 is 0 Å². The molecule has 0 unspecified atom stereocenters. The standard InChI is InChI=1S/C25H21BrClF3N2O3.C16H17BrFNO3.C12H9BrFNO3.C11H8BrFO.C9H6BrF.C6H11BrO2.C4H10O3P/c1-13(33)17-11-31(21-9-18(26)20(29)8-16(17)21)12-24(35)32-10-15(28)7-22(32)23(34)6-5-14-3-2-4-19(27)25(14)30;1-9(20)11-7-19(8-15(21)22-16(2,3)4)14-6-12(17)13(18)5-10(11)14;1-6(16)8-4-15(5-12(17)18)11-3-9(13)10(14)2-7(8)11;1-6(14)8-3-2-7-4-10(12)11(13)5-9(7)8;10-8-4-6-2-1-3-7(6)5-9(8)11;1-6(2,3)9-5(8)4-7;1-3-6-8(5)7-4-2/h2-4,8-9,11,15,22H,5-7,10,12H2,1H3;5-7H,8H2,1-4H3;2-4H,5H2,1H3,(H,17,18);3-5H,2H2,1H3;1,3-5H,2H2;4H2,1-3H3;3-4H2,1-2H3/q;;;;;;+1/t15-,22+;;;;;;/m1....../s1. The van der Waals surface area contributed by atoms with Gasteiger partial charge in [-0.05, 0) is 277 Å². The second kappa shape index (κ2) is 44.1. The number of ether oxygens (including phenoxy) is 2. The Morgan fingerprint density at radius 1 is 0.573 bits per heavy atom. The number of rotatable bonds is 19. The van der Waals surface area contributed by atoms with Crippen LogP contribution in [0.3, 0.4) is 0 Å². The zero-order valence-electron chi connectivity index (χ0n) is 65.3. The fourth-order valence-electron chi connectivity index (χ4n) is 12.0. The molecule has 9 aromatic rings. The molecule has 4 heterocycles. The molecular formula is C83H82Br6ClF7N4O15P+. The molecule has 1 aliphatic heterocycles. The summed E-state index contributed by atoms with van der Waals surface area (Å²) in [7, 11) is -1.83. The van der Waals surface area contributed by atoms with E-state index in [0.29, 0.717) is 78.0 Å². The lowest BCUT2D eigenvalue weighted by molar-refractivity contribution is -0.155. The van der Waals surface area contributed by atoms with Crippen molar-refractivity contribution < 1.29 is 102 Å². The van der Waals surface area contributed by atoms with E-state index in [0.717, 1.165) is 23.1 Å². The first-order valence-corrected chi connectivity index (χ1v) is 42.4. The summed E-state index contributed by atoms with van der Waals surface area (Å²) in [6.45, 7) is 20.1. The van der Waals surface area contributed by atoms with Crippen LogP contribution in [0.1, 0.15) is 155 Å². The predicted molar refractivity (Wildman–Crippen MR) is 456 cm³/mol. The minimum atomic E-state index is -1.83. The van der Waals surface area contributed by atoms with Crippen molar-refractivity contribution in [3.63, 3.8) is 0 Å². The lowest BCUT2D eigenvalue weighted by atomic mass is 10.0. The summed E-state index contributed by atoms with van der Waals surface area (Å²) in [4.78, 5) is 107. The fraction of sp³-hybridized carbons (Fsp3) is 0.337. The highest BCUT2D eigenvalue weighted by Gasteiger charge is 2.40. The number of ketones is 5. The molecule has 117 heavy (non-hydrogen) atoms. The molecule has 0 spiro atoms. The molecule has 3 aromatic heterocycles. The average molecular weight is 2050 g/mol. The van der Waals surface area contributed by atoms with E-state index in [1.54, 1.807) is 69.6 Å². The second-order valence-electron chi connectivity index (χ2n) is 28.2. The Hall–Kier alpha value is -7.65. The normalized spacial score (nSPS) is 13.6. The maximum Gasteiger partial charge on any atom is 0.697 e. The number of allylic oxidation sites excluding steroid dienone is 3. The van der Waals surface area contributed by atoms with Crippen LogP contribution in [0.25, 0.3) is 44.4 Å². The number of likely N-dealkylation sites (tertiary alicyclic amines) is 1. The van der Waals surface area contributed by atoms with Crippen LogP contribution in [0.5, 0.6) is 0 Å². The topological polar surface area (TPSA) is 246 Å². The summed E-state index contributed by atoms with van der Waals surface area (Å²) >= 11 is 24.3. The zero-order valence-corrected chi connectivity index (χ0v) is 76.5. The third kappa shape index (κ3) is 28.2. The number of aryl methyl sites for hydroxylation is 1. The number of alkyl halides is 2. The Balaban J connectivity index is 0.000000226. The molecule has 1 fully saturated rings. The number of aliphatic carboxylic acids is 1. The summed E-state index contributed by atoms with van der Waals surface area (Å²) in [5, 5.41) is 10.3. The number of carbonyl (C=O) groups is 9. The first-order valence-electron chi connectivity index (χ1n) is 35.8. The Morgan fingerprint density at radius 2 is 1.01 bits per heavy atom.